The van der Waals surface area contributed by atoms with E-state index < -0.39 is 11.6 Å². The van der Waals surface area contributed by atoms with Crippen LogP contribution in [0.5, 0.6) is 0 Å². The molecule has 0 aliphatic heterocycles. The van der Waals surface area contributed by atoms with Crippen LogP contribution in [0.1, 0.15) is 12.5 Å². The number of carbonyl (C=O) groups is 1. The first-order chi connectivity index (χ1) is 13.7. The average Bonchev–Trinajstić information content (AvgIpc) is 3.08. The molecule has 0 aliphatic carbocycles. The highest BCUT2D eigenvalue weighted by molar-refractivity contribution is 5.84. The van der Waals surface area contributed by atoms with Crippen LogP contribution in [0, 0.1) is 18.6 Å². The number of likely N-dealkylation sites (N-methyl/N-ethyl adjacent to an activating group) is 1. The van der Waals surface area contributed by atoms with Crippen LogP contribution in [0.25, 0.3) is 5.69 Å². The molecule has 3 aromatic rings. The van der Waals surface area contributed by atoms with Crippen LogP contribution >= 0.6 is 0 Å². The van der Waals surface area contributed by atoms with Gasteiger partial charge in [0.15, 0.2) is 0 Å². The topological polar surface area (TPSA) is 75.1 Å². The van der Waals surface area contributed by atoms with Crippen LogP contribution in [0.3, 0.4) is 0 Å². The van der Waals surface area contributed by atoms with Gasteiger partial charge in [-0.2, -0.15) is 4.98 Å². The van der Waals surface area contributed by atoms with Gasteiger partial charge in [0, 0.05) is 31.5 Å². The highest BCUT2D eigenvalue weighted by Gasteiger charge is 2.15. The molecule has 7 nitrogen and oxygen atoms in total. The molecule has 0 aliphatic rings. The van der Waals surface area contributed by atoms with Crippen molar-refractivity contribution in [1.82, 2.24) is 19.7 Å². The predicted octanol–water partition coefficient (Wildman–Crippen LogP) is 3.49. The standard InChI is InChI=1S/C20H22F2N6O/c1-12-5-16(24-13(2)19(29)27(3)4)10-17(6-12)25-20-23-11-28(26-20)18-8-14(21)7-15(22)9-18/h5-11,13,24H,1-4H3,(H,25,26)/t13-/m0/s1. The monoisotopic (exact) mass is 400 g/mol. The van der Waals surface area contributed by atoms with Crippen molar-refractivity contribution in [2.24, 2.45) is 0 Å². The summed E-state index contributed by atoms with van der Waals surface area (Å²) in [5.41, 5.74) is 2.67. The molecule has 2 aromatic carbocycles. The van der Waals surface area contributed by atoms with Crippen molar-refractivity contribution >= 4 is 23.2 Å². The molecule has 0 bridgehead atoms. The van der Waals surface area contributed by atoms with Gasteiger partial charge in [-0.15, -0.1) is 5.10 Å². The molecule has 0 spiro atoms. The van der Waals surface area contributed by atoms with Crippen molar-refractivity contribution in [2.75, 3.05) is 24.7 Å². The molecule has 0 radical (unpaired) electrons. The number of carbonyl (C=O) groups excluding carboxylic acids is 1. The third-order valence-corrected chi connectivity index (χ3v) is 4.13. The summed E-state index contributed by atoms with van der Waals surface area (Å²) < 4.78 is 28.1. The zero-order valence-corrected chi connectivity index (χ0v) is 16.6. The third-order valence-electron chi connectivity index (χ3n) is 4.13. The normalized spacial score (nSPS) is 11.8. The van der Waals surface area contributed by atoms with Gasteiger partial charge in [-0.3, -0.25) is 4.79 Å². The second-order valence-corrected chi connectivity index (χ2v) is 6.95. The maximum Gasteiger partial charge on any atom is 0.246 e. The van der Waals surface area contributed by atoms with Gasteiger partial charge in [0.05, 0.1) is 5.69 Å². The lowest BCUT2D eigenvalue weighted by atomic mass is 10.1. The maximum atomic E-state index is 13.4. The van der Waals surface area contributed by atoms with E-state index in [-0.39, 0.29) is 23.6 Å². The maximum absolute atomic E-state index is 13.4. The summed E-state index contributed by atoms with van der Waals surface area (Å²) in [6.45, 7) is 3.72. The van der Waals surface area contributed by atoms with E-state index in [0.29, 0.717) is 5.69 Å². The Hall–Kier alpha value is -3.49. The summed E-state index contributed by atoms with van der Waals surface area (Å²) >= 11 is 0. The quantitative estimate of drug-likeness (QED) is 0.663. The summed E-state index contributed by atoms with van der Waals surface area (Å²) in [5, 5.41) is 10.4. The summed E-state index contributed by atoms with van der Waals surface area (Å²) in [6, 6.07) is 8.38. The Kier molecular flexibility index (Phi) is 5.76. The Balaban J connectivity index is 1.78. The first-order valence-corrected chi connectivity index (χ1v) is 8.96. The number of benzene rings is 2. The number of halogens is 2. The SMILES string of the molecule is Cc1cc(Nc2ncn(-c3cc(F)cc(F)c3)n2)cc(N[C@@H](C)C(=O)N(C)C)c1. The number of hydrogen-bond acceptors (Lipinski definition) is 5. The molecule has 1 atom stereocenters. The van der Waals surface area contributed by atoms with Gasteiger partial charge < -0.3 is 15.5 Å². The van der Waals surface area contributed by atoms with Gasteiger partial charge in [-0.1, -0.05) is 0 Å². The van der Waals surface area contributed by atoms with E-state index in [4.69, 9.17) is 0 Å². The van der Waals surface area contributed by atoms with Crippen molar-refractivity contribution < 1.29 is 13.6 Å². The Morgan fingerprint density at radius 2 is 1.72 bits per heavy atom. The van der Waals surface area contributed by atoms with Crippen molar-refractivity contribution in [3.05, 3.63) is 59.9 Å². The Morgan fingerprint density at radius 1 is 1.07 bits per heavy atom. The highest BCUT2D eigenvalue weighted by Crippen LogP contribution is 2.22. The molecule has 29 heavy (non-hydrogen) atoms. The summed E-state index contributed by atoms with van der Waals surface area (Å²) in [5.74, 6) is -1.16. The van der Waals surface area contributed by atoms with Crippen LogP contribution in [-0.2, 0) is 4.79 Å². The van der Waals surface area contributed by atoms with Crippen molar-refractivity contribution in [3.63, 3.8) is 0 Å². The molecule has 0 saturated carbocycles. The molecule has 0 unspecified atom stereocenters. The van der Waals surface area contributed by atoms with E-state index in [1.165, 1.54) is 28.0 Å². The van der Waals surface area contributed by atoms with E-state index in [1.54, 1.807) is 21.0 Å². The fourth-order valence-electron chi connectivity index (χ4n) is 2.88. The van der Waals surface area contributed by atoms with Crippen LogP contribution < -0.4 is 10.6 Å². The van der Waals surface area contributed by atoms with Gasteiger partial charge >= 0.3 is 0 Å². The Labute approximate surface area is 167 Å². The molecule has 1 aromatic heterocycles. The summed E-state index contributed by atoms with van der Waals surface area (Å²) in [6.07, 6.45) is 1.36. The second-order valence-electron chi connectivity index (χ2n) is 6.95. The van der Waals surface area contributed by atoms with E-state index in [0.717, 1.165) is 17.3 Å². The molecule has 1 heterocycles. The number of aromatic nitrogens is 3. The average molecular weight is 400 g/mol. The fraction of sp³-hybridized carbons (Fsp3) is 0.250. The lowest BCUT2D eigenvalue weighted by molar-refractivity contribution is -0.129. The molecule has 3 rings (SSSR count). The number of nitrogens with zero attached hydrogens (tertiary/aromatic N) is 4. The molecule has 0 fully saturated rings. The van der Waals surface area contributed by atoms with Crippen LogP contribution in [0.2, 0.25) is 0 Å². The van der Waals surface area contributed by atoms with Gasteiger partial charge in [0.2, 0.25) is 11.9 Å². The number of amides is 1. The largest absolute Gasteiger partial charge is 0.374 e. The van der Waals surface area contributed by atoms with Crippen molar-refractivity contribution in [2.45, 2.75) is 19.9 Å². The smallest absolute Gasteiger partial charge is 0.246 e. The third kappa shape index (κ3) is 5.07. The van der Waals surface area contributed by atoms with Gasteiger partial charge in [0.1, 0.15) is 24.0 Å². The summed E-state index contributed by atoms with van der Waals surface area (Å²) in [4.78, 5) is 17.7. The minimum atomic E-state index is -0.694. The lowest BCUT2D eigenvalue weighted by Crippen LogP contribution is -2.36. The van der Waals surface area contributed by atoms with Gasteiger partial charge in [-0.05, 0) is 49.7 Å². The second kappa shape index (κ2) is 8.26. The molecule has 2 N–H and O–H groups in total. The number of aryl methyl sites for hydroxylation is 1. The van der Waals surface area contributed by atoms with Crippen molar-refractivity contribution in [1.29, 1.82) is 0 Å². The number of rotatable bonds is 6. The lowest BCUT2D eigenvalue weighted by Gasteiger charge is -2.19. The molecule has 0 saturated heterocycles. The van der Waals surface area contributed by atoms with Crippen LogP contribution in [0.4, 0.5) is 26.1 Å². The molecule has 1 amide bonds. The molecular formula is C20H22F2N6O. The van der Waals surface area contributed by atoms with Gasteiger partial charge in [0.25, 0.3) is 0 Å². The minimum Gasteiger partial charge on any atom is -0.374 e. The number of anilines is 3. The number of hydrogen-bond donors (Lipinski definition) is 2. The summed E-state index contributed by atoms with van der Waals surface area (Å²) in [7, 11) is 3.41. The number of nitrogens with one attached hydrogen (secondary N) is 2. The molecule has 9 heteroatoms. The Morgan fingerprint density at radius 3 is 2.38 bits per heavy atom. The van der Waals surface area contributed by atoms with Crippen molar-refractivity contribution in [3.8, 4) is 5.69 Å². The minimum absolute atomic E-state index is 0.0382. The fourth-order valence-corrected chi connectivity index (χ4v) is 2.88. The van der Waals surface area contributed by atoms with Crippen LogP contribution in [-0.4, -0.2) is 45.7 Å². The first-order valence-electron chi connectivity index (χ1n) is 8.96. The molecular weight excluding hydrogens is 378 g/mol. The molecule has 152 valence electrons. The van der Waals surface area contributed by atoms with E-state index in [9.17, 15) is 13.6 Å². The first kappa shape index (κ1) is 20.2. The van der Waals surface area contributed by atoms with E-state index >= 15 is 0 Å². The zero-order chi connectivity index (χ0) is 21.1. The van der Waals surface area contributed by atoms with E-state index in [2.05, 4.69) is 20.7 Å². The van der Waals surface area contributed by atoms with E-state index in [1.807, 2.05) is 25.1 Å². The highest BCUT2D eigenvalue weighted by atomic mass is 19.1. The van der Waals surface area contributed by atoms with Gasteiger partial charge in [-0.25, -0.2) is 13.5 Å². The Bertz CT molecular complexity index is 1010. The van der Waals surface area contributed by atoms with Crippen LogP contribution in [0.15, 0.2) is 42.7 Å². The predicted molar refractivity (Wildman–Crippen MR) is 108 cm³/mol. The zero-order valence-electron chi connectivity index (χ0n) is 16.6.